The molecule has 0 fully saturated rings. The minimum Gasteiger partial charge on any atom is -0.454 e. The number of alkyl halides is 3. The van der Waals surface area contributed by atoms with Crippen LogP contribution in [0.1, 0.15) is 0 Å². The number of benzene rings is 1. The van der Waals surface area contributed by atoms with Crippen LogP contribution in [0.3, 0.4) is 0 Å². The summed E-state index contributed by atoms with van der Waals surface area (Å²) in [5.41, 5.74) is -6.92. The first kappa shape index (κ1) is 14.5. The van der Waals surface area contributed by atoms with E-state index in [9.17, 15) is 26.4 Å². The Hall–Kier alpha value is -2.43. The molecule has 0 aliphatic carbocycles. The maximum absolute atomic E-state index is 12.4. The smallest absolute Gasteiger partial charge is 0.454 e. The molecular formula is C11H5F3O7S. The first-order valence-corrected chi connectivity index (χ1v) is 6.96. The van der Waals surface area contributed by atoms with Crippen molar-refractivity contribution in [2.24, 2.45) is 0 Å². The van der Waals surface area contributed by atoms with Gasteiger partial charge in [-0.1, -0.05) is 0 Å². The van der Waals surface area contributed by atoms with Crippen molar-refractivity contribution in [2.75, 3.05) is 6.79 Å². The van der Waals surface area contributed by atoms with Gasteiger partial charge in [0, 0.05) is 6.07 Å². The summed E-state index contributed by atoms with van der Waals surface area (Å²) in [6, 6.07) is 2.84. The van der Waals surface area contributed by atoms with E-state index in [2.05, 4.69) is 4.18 Å². The fourth-order valence-electron chi connectivity index (χ4n) is 1.76. The van der Waals surface area contributed by atoms with E-state index in [1.165, 1.54) is 6.07 Å². The second-order valence-corrected chi connectivity index (χ2v) is 5.65. The molecule has 11 heteroatoms. The molecule has 2 aromatic rings. The minimum absolute atomic E-state index is 0.132. The fraction of sp³-hybridized carbons (Fsp3) is 0.182. The van der Waals surface area contributed by atoms with Crippen molar-refractivity contribution in [2.45, 2.75) is 5.51 Å². The highest BCUT2D eigenvalue weighted by molar-refractivity contribution is 7.88. The lowest BCUT2D eigenvalue weighted by molar-refractivity contribution is -0.0499. The van der Waals surface area contributed by atoms with Gasteiger partial charge in [-0.3, -0.25) is 0 Å². The van der Waals surface area contributed by atoms with Gasteiger partial charge in [-0.05, 0) is 6.07 Å². The Bertz CT molecular complexity index is 914. The van der Waals surface area contributed by atoms with Crippen LogP contribution in [0.15, 0.2) is 27.4 Å². The number of rotatable bonds is 2. The third-order valence-electron chi connectivity index (χ3n) is 2.68. The third kappa shape index (κ3) is 2.32. The van der Waals surface area contributed by atoms with Gasteiger partial charge in [-0.2, -0.15) is 21.6 Å². The van der Waals surface area contributed by atoms with Crippen LogP contribution in [-0.4, -0.2) is 20.7 Å². The molecule has 3 rings (SSSR count). The van der Waals surface area contributed by atoms with Crippen molar-refractivity contribution < 1.29 is 39.7 Å². The van der Waals surface area contributed by atoms with Gasteiger partial charge in [0.15, 0.2) is 17.2 Å². The molecule has 0 N–H and O–H groups in total. The Labute approximate surface area is 119 Å². The summed E-state index contributed by atoms with van der Waals surface area (Å²) in [5.74, 6) is -0.469. The van der Waals surface area contributed by atoms with Gasteiger partial charge in [0.2, 0.25) is 6.79 Å². The van der Waals surface area contributed by atoms with E-state index in [1.54, 1.807) is 0 Å². The summed E-state index contributed by atoms with van der Waals surface area (Å²) in [7, 11) is -5.93. The molecule has 7 nitrogen and oxygen atoms in total. The predicted molar refractivity (Wildman–Crippen MR) is 64.2 cm³/mol. The first-order chi connectivity index (χ1) is 10.2. The van der Waals surface area contributed by atoms with Crippen molar-refractivity contribution in [3.63, 3.8) is 0 Å². The normalized spacial score (nSPS) is 14.3. The molecule has 0 radical (unpaired) electrons. The zero-order valence-electron chi connectivity index (χ0n) is 10.3. The molecule has 1 aromatic heterocycles. The zero-order chi connectivity index (χ0) is 16.1. The van der Waals surface area contributed by atoms with Gasteiger partial charge in [-0.15, -0.1) is 0 Å². The number of hydrogen-bond acceptors (Lipinski definition) is 7. The van der Waals surface area contributed by atoms with Gasteiger partial charge in [0.25, 0.3) is 0 Å². The SMILES string of the molecule is O=c1cc(OS(=O)(=O)C(F)(F)F)c2cc3c(cc2o1)OCO3. The highest BCUT2D eigenvalue weighted by Gasteiger charge is 2.48. The Balaban J connectivity index is 2.20. The van der Waals surface area contributed by atoms with Crippen LogP contribution in [0.4, 0.5) is 13.2 Å². The topological polar surface area (TPSA) is 92.0 Å². The quantitative estimate of drug-likeness (QED) is 0.468. The van der Waals surface area contributed by atoms with Crippen LogP contribution < -0.4 is 19.3 Å². The molecule has 0 bridgehead atoms. The van der Waals surface area contributed by atoms with Crippen molar-refractivity contribution in [1.82, 2.24) is 0 Å². The number of ether oxygens (including phenoxy) is 2. The average Bonchev–Trinajstić information content (AvgIpc) is 2.81. The van der Waals surface area contributed by atoms with E-state index in [0.717, 1.165) is 6.07 Å². The maximum atomic E-state index is 12.4. The monoisotopic (exact) mass is 338 g/mol. The van der Waals surface area contributed by atoms with E-state index in [-0.39, 0.29) is 29.3 Å². The molecule has 118 valence electrons. The van der Waals surface area contributed by atoms with Crippen LogP contribution in [0, 0.1) is 0 Å². The molecule has 1 aliphatic heterocycles. The zero-order valence-corrected chi connectivity index (χ0v) is 11.2. The lowest BCUT2D eigenvalue weighted by Crippen LogP contribution is -2.28. The standard InChI is InChI=1S/C11H5F3O7S/c12-11(13,14)22(16,17)21-7-3-10(15)20-6-2-9-8(1-5(6)7)18-4-19-9/h1-3H,4H2. The van der Waals surface area contributed by atoms with E-state index in [1.807, 2.05) is 0 Å². The molecule has 0 saturated carbocycles. The molecule has 0 amide bonds. The van der Waals surface area contributed by atoms with Gasteiger partial charge in [0.05, 0.1) is 11.5 Å². The summed E-state index contributed by atoms with van der Waals surface area (Å²) >= 11 is 0. The molecular weight excluding hydrogens is 333 g/mol. The first-order valence-electron chi connectivity index (χ1n) is 5.56. The number of hydrogen-bond donors (Lipinski definition) is 0. The molecule has 0 saturated heterocycles. The fourth-order valence-corrected chi connectivity index (χ4v) is 2.23. The molecule has 1 aromatic carbocycles. The van der Waals surface area contributed by atoms with Crippen molar-refractivity contribution >= 4 is 21.1 Å². The highest BCUT2D eigenvalue weighted by Crippen LogP contribution is 2.39. The van der Waals surface area contributed by atoms with Crippen LogP contribution in [0.25, 0.3) is 11.0 Å². The van der Waals surface area contributed by atoms with E-state index in [0.29, 0.717) is 6.07 Å². The van der Waals surface area contributed by atoms with Crippen molar-refractivity contribution in [3.05, 3.63) is 28.6 Å². The van der Waals surface area contributed by atoms with E-state index >= 15 is 0 Å². The van der Waals surface area contributed by atoms with Gasteiger partial charge in [-0.25, -0.2) is 4.79 Å². The summed E-state index contributed by atoms with van der Waals surface area (Å²) in [6.07, 6.45) is 0. The summed E-state index contributed by atoms with van der Waals surface area (Å²) < 4.78 is 78.1. The Kier molecular flexibility index (Phi) is 2.99. The largest absolute Gasteiger partial charge is 0.534 e. The van der Waals surface area contributed by atoms with Gasteiger partial charge < -0.3 is 18.1 Å². The van der Waals surface area contributed by atoms with E-state index < -0.39 is 27.0 Å². The highest BCUT2D eigenvalue weighted by atomic mass is 32.2. The van der Waals surface area contributed by atoms with Crippen molar-refractivity contribution in [1.29, 1.82) is 0 Å². The Morgan fingerprint density at radius 1 is 1.09 bits per heavy atom. The lowest BCUT2D eigenvalue weighted by Gasteiger charge is -2.10. The van der Waals surface area contributed by atoms with Crippen LogP contribution in [0.2, 0.25) is 0 Å². The molecule has 2 heterocycles. The number of halogens is 3. The van der Waals surface area contributed by atoms with E-state index in [4.69, 9.17) is 13.9 Å². The average molecular weight is 338 g/mol. The summed E-state index contributed by atoms with van der Waals surface area (Å²) in [4.78, 5) is 11.3. The van der Waals surface area contributed by atoms with Crippen LogP contribution in [-0.2, 0) is 10.1 Å². The second kappa shape index (κ2) is 4.53. The van der Waals surface area contributed by atoms with Crippen LogP contribution >= 0.6 is 0 Å². The lowest BCUT2D eigenvalue weighted by atomic mass is 10.2. The Morgan fingerprint density at radius 3 is 2.36 bits per heavy atom. The molecule has 0 spiro atoms. The van der Waals surface area contributed by atoms with Gasteiger partial charge >= 0.3 is 21.3 Å². The van der Waals surface area contributed by atoms with Crippen molar-refractivity contribution in [3.8, 4) is 17.2 Å². The third-order valence-corrected chi connectivity index (χ3v) is 3.65. The van der Waals surface area contributed by atoms with Gasteiger partial charge in [0.1, 0.15) is 5.58 Å². The second-order valence-electron chi connectivity index (χ2n) is 4.11. The minimum atomic E-state index is -5.93. The summed E-state index contributed by atoms with van der Waals surface area (Å²) in [5, 5.41) is -0.184. The summed E-state index contributed by atoms with van der Waals surface area (Å²) in [6.45, 7) is -0.132. The van der Waals surface area contributed by atoms with Crippen LogP contribution in [0.5, 0.6) is 17.2 Å². The molecule has 1 aliphatic rings. The molecule has 22 heavy (non-hydrogen) atoms. The molecule has 0 unspecified atom stereocenters. The maximum Gasteiger partial charge on any atom is 0.534 e. The molecule has 0 atom stereocenters. The number of fused-ring (bicyclic) bond motifs is 2. The predicted octanol–water partition coefficient (Wildman–Crippen LogP) is 1.75. The Morgan fingerprint density at radius 2 is 1.73 bits per heavy atom.